The molecule has 0 N–H and O–H groups in total. The highest BCUT2D eigenvalue weighted by Gasteiger charge is 2.26. The van der Waals surface area contributed by atoms with E-state index in [2.05, 4.69) is 0 Å². The van der Waals surface area contributed by atoms with Crippen LogP contribution in [0, 0.1) is 10.1 Å². The van der Waals surface area contributed by atoms with Crippen molar-refractivity contribution in [3.8, 4) is 0 Å². The summed E-state index contributed by atoms with van der Waals surface area (Å²) in [5.41, 5.74) is -0.407. The number of benzene rings is 2. The van der Waals surface area contributed by atoms with Crippen molar-refractivity contribution in [1.29, 1.82) is 0 Å². The van der Waals surface area contributed by atoms with Crippen LogP contribution in [-0.4, -0.2) is 46.7 Å². The fraction of sp³-hybridized carbons (Fsp3) is 0.318. The molecular weight excluding hydrogens is 424 g/mol. The summed E-state index contributed by atoms with van der Waals surface area (Å²) < 4.78 is 5.19. The van der Waals surface area contributed by atoms with Crippen molar-refractivity contribution < 1.29 is 24.0 Å². The lowest BCUT2D eigenvalue weighted by atomic mass is 9.98. The number of ketones is 1. The molecule has 8 nitrogen and oxygen atoms in total. The van der Waals surface area contributed by atoms with Gasteiger partial charge in [0.05, 0.1) is 10.5 Å². The zero-order chi connectivity index (χ0) is 22.5. The molecule has 1 fully saturated rings. The molecule has 1 saturated heterocycles. The monoisotopic (exact) mass is 444 g/mol. The molecule has 1 aliphatic heterocycles. The number of amides is 1. The van der Waals surface area contributed by atoms with Crippen LogP contribution >= 0.6 is 11.6 Å². The molecule has 1 unspecified atom stereocenters. The normalized spacial score (nSPS) is 15.9. The number of hydrogen-bond donors (Lipinski definition) is 0. The summed E-state index contributed by atoms with van der Waals surface area (Å²) in [6.07, 6.45) is 2.88. The van der Waals surface area contributed by atoms with E-state index in [-0.39, 0.29) is 33.7 Å². The summed E-state index contributed by atoms with van der Waals surface area (Å²) >= 11 is 5.81. The molecular formula is C22H21ClN2O6. The van der Waals surface area contributed by atoms with Gasteiger partial charge >= 0.3 is 5.97 Å². The van der Waals surface area contributed by atoms with Crippen molar-refractivity contribution in [2.75, 3.05) is 13.2 Å². The topological polar surface area (TPSA) is 107 Å². The molecule has 3 rings (SSSR count). The van der Waals surface area contributed by atoms with Gasteiger partial charge in [0.15, 0.2) is 12.4 Å². The minimum Gasteiger partial charge on any atom is -0.452 e. The third kappa shape index (κ3) is 5.08. The van der Waals surface area contributed by atoms with Gasteiger partial charge in [0.1, 0.15) is 5.02 Å². The molecule has 0 saturated carbocycles. The third-order valence-electron chi connectivity index (χ3n) is 5.25. The maximum atomic E-state index is 12.9. The second-order valence-corrected chi connectivity index (χ2v) is 7.71. The molecule has 31 heavy (non-hydrogen) atoms. The number of carbonyl (C=O) groups is 3. The molecule has 162 valence electrons. The minimum atomic E-state index is -0.814. The number of nitro benzene ring substituents is 1. The Balaban J connectivity index is 1.77. The Morgan fingerprint density at radius 1 is 1.16 bits per heavy atom. The van der Waals surface area contributed by atoms with Gasteiger partial charge in [-0.25, -0.2) is 4.79 Å². The number of hydrogen-bond acceptors (Lipinski definition) is 6. The number of halogens is 1. The first-order chi connectivity index (χ1) is 14.8. The van der Waals surface area contributed by atoms with E-state index in [0.717, 1.165) is 25.3 Å². The van der Waals surface area contributed by atoms with Gasteiger partial charge in [-0.3, -0.25) is 19.7 Å². The smallest absolute Gasteiger partial charge is 0.339 e. The third-order valence-corrected chi connectivity index (χ3v) is 5.57. The van der Waals surface area contributed by atoms with Crippen molar-refractivity contribution in [2.24, 2.45) is 0 Å². The predicted octanol–water partition coefficient (Wildman–Crippen LogP) is 4.04. The van der Waals surface area contributed by atoms with Crippen LogP contribution in [0.2, 0.25) is 5.02 Å². The molecule has 1 aliphatic rings. The Labute approximate surface area is 183 Å². The lowest BCUT2D eigenvalue weighted by Crippen LogP contribution is -2.44. The van der Waals surface area contributed by atoms with Crippen LogP contribution < -0.4 is 0 Å². The van der Waals surface area contributed by atoms with Gasteiger partial charge in [0.25, 0.3) is 11.6 Å². The average molecular weight is 445 g/mol. The highest BCUT2D eigenvalue weighted by molar-refractivity contribution is 6.33. The molecule has 9 heteroatoms. The maximum Gasteiger partial charge on any atom is 0.339 e. The van der Waals surface area contributed by atoms with E-state index >= 15 is 0 Å². The molecule has 1 amide bonds. The quantitative estimate of drug-likeness (QED) is 0.288. The predicted molar refractivity (Wildman–Crippen MR) is 113 cm³/mol. The lowest BCUT2D eigenvalue weighted by Gasteiger charge is -2.33. The van der Waals surface area contributed by atoms with Crippen LogP contribution in [0.5, 0.6) is 0 Å². The molecule has 0 radical (unpaired) electrons. The van der Waals surface area contributed by atoms with Crippen molar-refractivity contribution in [2.45, 2.75) is 32.2 Å². The molecule has 0 bridgehead atoms. The number of carbonyl (C=O) groups excluding carboxylic acids is 3. The van der Waals surface area contributed by atoms with E-state index in [1.54, 1.807) is 17.0 Å². The summed E-state index contributed by atoms with van der Waals surface area (Å²) in [6, 6.07) is 9.72. The Hall–Kier alpha value is -3.26. The highest BCUT2D eigenvalue weighted by atomic mass is 35.5. The summed E-state index contributed by atoms with van der Waals surface area (Å²) in [7, 11) is 0. The number of nitro groups is 1. The number of likely N-dealkylation sites (tertiary alicyclic amines) is 1. The van der Waals surface area contributed by atoms with Crippen LogP contribution in [0.3, 0.4) is 0 Å². The van der Waals surface area contributed by atoms with Crippen LogP contribution in [0.4, 0.5) is 5.69 Å². The molecule has 0 aliphatic carbocycles. The van der Waals surface area contributed by atoms with Crippen LogP contribution in [0.15, 0.2) is 42.5 Å². The highest BCUT2D eigenvalue weighted by Crippen LogP contribution is 2.27. The van der Waals surface area contributed by atoms with Crippen molar-refractivity contribution in [3.05, 3.63) is 74.3 Å². The largest absolute Gasteiger partial charge is 0.452 e. The standard InChI is InChI=1S/C22H21ClN2O6/c1-14-6-4-5-11-24(14)20(26)13-31-22(28)17-8-3-2-7-16(17)21(27)15-9-10-18(23)19(12-15)25(29)30/h2-3,7-10,12,14H,4-6,11,13H2,1H3. The fourth-order valence-corrected chi connectivity index (χ4v) is 3.75. The number of esters is 1. The van der Waals surface area contributed by atoms with Gasteiger partial charge in [0, 0.05) is 29.8 Å². The van der Waals surface area contributed by atoms with Crippen LogP contribution in [0.1, 0.15) is 52.5 Å². The lowest BCUT2D eigenvalue weighted by molar-refractivity contribution is -0.384. The first-order valence-corrected chi connectivity index (χ1v) is 10.2. The van der Waals surface area contributed by atoms with Crippen molar-refractivity contribution in [3.63, 3.8) is 0 Å². The van der Waals surface area contributed by atoms with Gasteiger partial charge < -0.3 is 9.64 Å². The molecule has 2 aromatic rings. The summed E-state index contributed by atoms with van der Waals surface area (Å²) in [6.45, 7) is 2.16. The Bertz CT molecular complexity index is 1040. The Morgan fingerprint density at radius 2 is 1.87 bits per heavy atom. The van der Waals surface area contributed by atoms with Crippen molar-refractivity contribution >= 4 is 34.9 Å². The van der Waals surface area contributed by atoms with Crippen LogP contribution in [0.25, 0.3) is 0 Å². The Morgan fingerprint density at radius 3 is 2.55 bits per heavy atom. The molecule has 1 atom stereocenters. The fourth-order valence-electron chi connectivity index (χ4n) is 3.57. The van der Waals surface area contributed by atoms with E-state index in [0.29, 0.717) is 6.54 Å². The van der Waals surface area contributed by atoms with Gasteiger partial charge in [-0.05, 0) is 44.4 Å². The molecule has 0 aromatic heterocycles. The van der Waals surface area contributed by atoms with Gasteiger partial charge in [0.2, 0.25) is 0 Å². The van der Waals surface area contributed by atoms with Gasteiger partial charge in [-0.15, -0.1) is 0 Å². The zero-order valence-electron chi connectivity index (χ0n) is 16.9. The molecule has 2 aromatic carbocycles. The Kier molecular flexibility index (Phi) is 7.02. The van der Waals surface area contributed by atoms with E-state index in [4.69, 9.17) is 16.3 Å². The number of rotatable bonds is 6. The van der Waals surface area contributed by atoms with E-state index in [1.807, 2.05) is 6.92 Å². The van der Waals surface area contributed by atoms with Gasteiger partial charge in [-0.1, -0.05) is 29.8 Å². The van der Waals surface area contributed by atoms with Crippen LogP contribution in [-0.2, 0) is 9.53 Å². The first kappa shape index (κ1) is 22.4. The SMILES string of the molecule is CC1CCCCN1C(=O)COC(=O)c1ccccc1C(=O)c1ccc(Cl)c([N+](=O)[O-])c1. The summed E-state index contributed by atoms with van der Waals surface area (Å²) in [4.78, 5) is 50.1. The zero-order valence-corrected chi connectivity index (χ0v) is 17.6. The number of ether oxygens (including phenoxy) is 1. The second-order valence-electron chi connectivity index (χ2n) is 7.31. The number of nitrogens with zero attached hydrogens (tertiary/aromatic N) is 2. The average Bonchev–Trinajstić information content (AvgIpc) is 2.77. The number of piperidine rings is 1. The molecule has 1 heterocycles. The van der Waals surface area contributed by atoms with E-state index in [9.17, 15) is 24.5 Å². The summed E-state index contributed by atoms with van der Waals surface area (Å²) in [5.74, 6) is -1.69. The second kappa shape index (κ2) is 9.70. The first-order valence-electron chi connectivity index (χ1n) is 9.84. The van der Waals surface area contributed by atoms with Crippen molar-refractivity contribution in [1.82, 2.24) is 4.90 Å². The summed E-state index contributed by atoms with van der Waals surface area (Å²) in [5, 5.41) is 11.0. The van der Waals surface area contributed by atoms with E-state index in [1.165, 1.54) is 24.3 Å². The maximum absolute atomic E-state index is 12.9. The van der Waals surface area contributed by atoms with Gasteiger partial charge in [-0.2, -0.15) is 0 Å². The van der Waals surface area contributed by atoms with E-state index < -0.39 is 29.0 Å². The minimum absolute atomic E-state index is 0.00886. The molecule has 0 spiro atoms.